The van der Waals surface area contributed by atoms with Crippen LogP contribution in [-0.2, 0) is 11.4 Å². The molecule has 28 heavy (non-hydrogen) atoms. The summed E-state index contributed by atoms with van der Waals surface area (Å²) in [4.78, 5) is 16.1. The van der Waals surface area contributed by atoms with Crippen LogP contribution in [0.2, 0.25) is 10.0 Å². The standard InChI is InChI=1S/C19H16Cl2N4O3/c1-27-16-7-12(15-8-17(26)24-19-22-10-23-25(15)19)6-14(21)18(16)28-9-11-4-2-3-5-13(11)20/h2-7,10,15H,8-9H2,1H3,(H,22,23,24,26)/t15-/m1/s1. The Kier molecular flexibility index (Phi) is 5.11. The predicted octanol–water partition coefficient (Wildman–Crippen LogP) is 4.10. The number of nitrogens with zero attached hydrogens (tertiary/aromatic N) is 3. The number of rotatable bonds is 5. The van der Waals surface area contributed by atoms with Crippen LogP contribution in [0.25, 0.3) is 0 Å². The van der Waals surface area contributed by atoms with Crippen LogP contribution < -0.4 is 14.8 Å². The minimum absolute atomic E-state index is 0.139. The molecule has 3 aromatic rings. The molecule has 0 bridgehead atoms. The number of methoxy groups -OCH3 is 1. The highest BCUT2D eigenvalue weighted by Crippen LogP contribution is 2.41. The fourth-order valence-electron chi connectivity index (χ4n) is 3.10. The number of amides is 1. The SMILES string of the molecule is COc1cc([C@H]2CC(=O)Nc3ncnn32)cc(Cl)c1OCc1ccccc1Cl. The van der Waals surface area contributed by atoms with Gasteiger partial charge in [-0.2, -0.15) is 10.1 Å². The van der Waals surface area contributed by atoms with Gasteiger partial charge in [0.05, 0.1) is 24.6 Å². The van der Waals surface area contributed by atoms with E-state index in [-0.39, 0.29) is 25.0 Å². The average molecular weight is 419 g/mol. The number of hydrogen-bond donors (Lipinski definition) is 1. The maximum absolute atomic E-state index is 12.0. The first-order valence-electron chi connectivity index (χ1n) is 8.50. The molecular formula is C19H16Cl2N4O3. The van der Waals surface area contributed by atoms with Crippen molar-refractivity contribution in [3.05, 3.63) is 63.9 Å². The molecule has 2 aromatic carbocycles. The van der Waals surface area contributed by atoms with Gasteiger partial charge in [0, 0.05) is 10.6 Å². The number of anilines is 1. The van der Waals surface area contributed by atoms with Gasteiger partial charge in [0.25, 0.3) is 0 Å². The second kappa shape index (κ2) is 7.69. The molecular weight excluding hydrogens is 403 g/mol. The minimum Gasteiger partial charge on any atom is -0.493 e. The van der Waals surface area contributed by atoms with Gasteiger partial charge in [-0.15, -0.1) is 0 Å². The van der Waals surface area contributed by atoms with E-state index in [4.69, 9.17) is 32.7 Å². The molecule has 1 amide bonds. The Bertz CT molecular complexity index is 1040. The van der Waals surface area contributed by atoms with Crippen molar-refractivity contribution in [1.29, 1.82) is 0 Å². The molecule has 0 saturated carbocycles. The number of halogens is 2. The van der Waals surface area contributed by atoms with Crippen LogP contribution in [0, 0.1) is 0 Å². The Labute approximate surface area is 171 Å². The molecule has 0 radical (unpaired) electrons. The Balaban J connectivity index is 1.65. The lowest BCUT2D eigenvalue weighted by Gasteiger charge is -2.25. The number of carbonyl (C=O) groups is 1. The van der Waals surface area contributed by atoms with Crippen LogP contribution >= 0.6 is 23.2 Å². The maximum atomic E-state index is 12.0. The second-order valence-corrected chi connectivity index (χ2v) is 7.02. The summed E-state index contributed by atoms with van der Waals surface area (Å²) in [7, 11) is 1.53. The minimum atomic E-state index is -0.338. The Morgan fingerprint density at radius 3 is 2.86 bits per heavy atom. The highest BCUT2D eigenvalue weighted by Gasteiger charge is 2.29. The van der Waals surface area contributed by atoms with E-state index in [1.165, 1.54) is 13.4 Å². The summed E-state index contributed by atoms with van der Waals surface area (Å²) < 4.78 is 13.0. The van der Waals surface area contributed by atoms with Crippen LogP contribution in [-0.4, -0.2) is 27.8 Å². The van der Waals surface area contributed by atoms with Gasteiger partial charge in [-0.05, 0) is 23.8 Å². The van der Waals surface area contributed by atoms with E-state index in [0.717, 1.165) is 11.1 Å². The van der Waals surface area contributed by atoms with Crippen molar-refractivity contribution < 1.29 is 14.3 Å². The summed E-state index contributed by atoms with van der Waals surface area (Å²) in [5.74, 6) is 1.13. The van der Waals surface area contributed by atoms with Crippen LogP contribution in [0.15, 0.2) is 42.7 Å². The number of ether oxygens (including phenoxy) is 2. The fraction of sp³-hybridized carbons (Fsp3) is 0.211. The molecule has 0 unspecified atom stereocenters. The second-order valence-electron chi connectivity index (χ2n) is 6.21. The summed E-state index contributed by atoms with van der Waals surface area (Å²) in [5.41, 5.74) is 1.61. The number of fused-ring (bicyclic) bond motifs is 1. The highest BCUT2D eigenvalue weighted by molar-refractivity contribution is 6.32. The Morgan fingerprint density at radius 1 is 1.25 bits per heavy atom. The third-order valence-corrected chi connectivity index (χ3v) is 5.11. The number of nitrogens with one attached hydrogen (secondary N) is 1. The Morgan fingerprint density at radius 2 is 2.07 bits per heavy atom. The van der Waals surface area contributed by atoms with E-state index in [2.05, 4.69) is 15.4 Å². The summed E-state index contributed by atoms with van der Waals surface area (Å²) in [6.45, 7) is 0.244. The van der Waals surface area contributed by atoms with E-state index < -0.39 is 0 Å². The lowest BCUT2D eigenvalue weighted by molar-refractivity contribution is -0.117. The van der Waals surface area contributed by atoms with Gasteiger partial charge < -0.3 is 9.47 Å². The summed E-state index contributed by atoms with van der Waals surface area (Å²) in [5, 5.41) is 7.87. The summed E-state index contributed by atoms with van der Waals surface area (Å²) in [6.07, 6.45) is 1.61. The largest absolute Gasteiger partial charge is 0.493 e. The average Bonchev–Trinajstić information content (AvgIpc) is 3.15. The quantitative estimate of drug-likeness (QED) is 0.674. The van der Waals surface area contributed by atoms with E-state index in [1.54, 1.807) is 22.9 Å². The first kappa shape index (κ1) is 18.6. The molecule has 1 atom stereocenters. The van der Waals surface area contributed by atoms with E-state index in [9.17, 15) is 4.79 Å². The van der Waals surface area contributed by atoms with Crippen LogP contribution in [0.4, 0.5) is 5.95 Å². The van der Waals surface area contributed by atoms with E-state index >= 15 is 0 Å². The van der Waals surface area contributed by atoms with E-state index in [1.807, 2.05) is 18.2 Å². The van der Waals surface area contributed by atoms with Crippen molar-refractivity contribution in [3.8, 4) is 11.5 Å². The first-order valence-corrected chi connectivity index (χ1v) is 9.25. The summed E-state index contributed by atoms with van der Waals surface area (Å²) >= 11 is 12.7. The zero-order valence-corrected chi connectivity index (χ0v) is 16.4. The Hall–Kier alpha value is -2.77. The molecule has 9 heteroatoms. The molecule has 1 aliphatic heterocycles. The van der Waals surface area contributed by atoms with Crippen molar-refractivity contribution in [2.75, 3.05) is 12.4 Å². The maximum Gasteiger partial charge on any atom is 0.229 e. The molecule has 2 heterocycles. The molecule has 0 fully saturated rings. The molecule has 0 saturated heterocycles. The first-order chi connectivity index (χ1) is 13.6. The van der Waals surface area contributed by atoms with Gasteiger partial charge in [-0.1, -0.05) is 41.4 Å². The molecule has 1 aromatic heterocycles. The number of benzene rings is 2. The molecule has 0 aliphatic carbocycles. The fourth-order valence-corrected chi connectivity index (χ4v) is 3.57. The van der Waals surface area contributed by atoms with Crippen LogP contribution in [0.1, 0.15) is 23.6 Å². The van der Waals surface area contributed by atoms with Gasteiger partial charge in [0.2, 0.25) is 11.9 Å². The van der Waals surface area contributed by atoms with Crippen molar-refractivity contribution in [2.45, 2.75) is 19.1 Å². The van der Waals surface area contributed by atoms with Gasteiger partial charge in [-0.3, -0.25) is 10.1 Å². The number of hydrogen-bond acceptors (Lipinski definition) is 5. The molecule has 4 rings (SSSR count). The summed E-state index contributed by atoms with van der Waals surface area (Å²) in [6, 6.07) is 10.6. The lowest BCUT2D eigenvalue weighted by Crippen LogP contribution is -2.29. The van der Waals surface area contributed by atoms with Crippen molar-refractivity contribution in [3.63, 3.8) is 0 Å². The van der Waals surface area contributed by atoms with E-state index in [0.29, 0.717) is 27.5 Å². The monoisotopic (exact) mass is 418 g/mol. The predicted molar refractivity (Wildman–Crippen MR) is 105 cm³/mol. The molecule has 1 N–H and O–H groups in total. The van der Waals surface area contributed by atoms with Gasteiger partial charge in [0.15, 0.2) is 11.5 Å². The topological polar surface area (TPSA) is 78.3 Å². The zero-order chi connectivity index (χ0) is 19.7. The zero-order valence-electron chi connectivity index (χ0n) is 14.9. The molecule has 7 nitrogen and oxygen atoms in total. The molecule has 144 valence electrons. The third-order valence-electron chi connectivity index (χ3n) is 4.46. The lowest BCUT2D eigenvalue weighted by atomic mass is 10.0. The highest BCUT2D eigenvalue weighted by atomic mass is 35.5. The molecule has 1 aliphatic rings. The van der Waals surface area contributed by atoms with Crippen molar-refractivity contribution >= 4 is 35.1 Å². The number of carbonyl (C=O) groups excluding carboxylic acids is 1. The van der Waals surface area contributed by atoms with Gasteiger partial charge in [0.1, 0.15) is 12.9 Å². The molecule has 0 spiro atoms. The van der Waals surface area contributed by atoms with Gasteiger partial charge >= 0.3 is 0 Å². The third kappa shape index (κ3) is 3.50. The van der Waals surface area contributed by atoms with Gasteiger partial charge in [-0.25, -0.2) is 4.68 Å². The van der Waals surface area contributed by atoms with Crippen molar-refractivity contribution in [1.82, 2.24) is 14.8 Å². The van der Waals surface area contributed by atoms with Crippen molar-refractivity contribution in [2.24, 2.45) is 0 Å². The number of aromatic nitrogens is 3. The van der Waals surface area contributed by atoms with Crippen LogP contribution in [0.3, 0.4) is 0 Å². The normalized spacial score (nSPS) is 15.7. The van der Waals surface area contributed by atoms with Crippen LogP contribution in [0.5, 0.6) is 11.5 Å². The smallest absolute Gasteiger partial charge is 0.229 e.